The minimum Gasteiger partial charge on any atom is -0.307 e. The second-order valence-corrected chi connectivity index (χ2v) is 9.90. The lowest BCUT2D eigenvalue weighted by Crippen LogP contribution is -2.53. The maximum Gasteiger partial charge on any atom is 0.323 e. The number of benzene rings is 2. The number of urea groups is 1. The maximum atomic E-state index is 13.9. The van der Waals surface area contributed by atoms with Crippen molar-refractivity contribution in [2.45, 2.75) is 32.6 Å². The van der Waals surface area contributed by atoms with Gasteiger partial charge in [-0.15, -0.1) is 5.10 Å². The van der Waals surface area contributed by atoms with E-state index < -0.39 is 12.3 Å². The average Bonchev–Trinajstić information content (AvgIpc) is 3.48. The number of carbonyl (C=O) groups is 2. The van der Waals surface area contributed by atoms with Crippen LogP contribution in [-0.4, -0.2) is 52.1 Å². The third kappa shape index (κ3) is 3.21. The molecular formula is C26H26N6O3S. The first kappa shape index (κ1) is 22.5. The van der Waals surface area contributed by atoms with Crippen molar-refractivity contribution in [1.82, 2.24) is 19.8 Å². The Labute approximate surface area is 211 Å². The van der Waals surface area contributed by atoms with Crippen molar-refractivity contribution in [2.24, 2.45) is 5.10 Å². The third-order valence-electron chi connectivity index (χ3n) is 7.10. The minimum atomic E-state index is -0.519. The van der Waals surface area contributed by atoms with Crippen LogP contribution in [0.5, 0.6) is 0 Å². The predicted octanol–water partition coefficient (Wildman–Crippen LogP) is 1.44. The number of nitrogens with zero attached hydrogens (tertiary/aromatic N) is 5. The summed E-state index contributed by atoms with van der Waals surface area (Å²) >= 11 is 1.19. The summed E-state index contributed by atoms with van der Waals surface area (Å²) in [6, 6.07) is 17.5. The van der Waals surface area contributed by atoms with Gasteiger partial charge in [0.15, 0.2) is 12.3 Å². The van der Waals surface area contributed by atoms with E-state index in [1.54, 1.807) is 19.3 Å². The number of para-hydroxylation sites is 1. The number of likely N-dealkylation sites (N-methyl/N-ethyl adjacent to an activating group) is 2. The molecule has 36 heavy (non-hydrogen) atoms. The first-order valence-corrected chi connectivity index (χ1v) is 13.0. The monoisotopic (exact) mass is 502 g/mol. The number of aromatic nitrogens is 1. The van der Waals surface area contributed by atoms with Crippen molar-refractivity contribution in [2.75, 3.05) is 24.5 Å². The Morgan fingerprint density at radius 2 is 1.67 bits per heavy atom. The fourth-order valence-electron chi connectivity index (χ4n) is 5.38. The number of nitrogens with one attached hydrogen (secondary N) is 1. The second-order valence-electron chi connectivity index (χ2n) is 8.93. The molecule has 3 aromatic rings. The van der Waals surface area contributed by atoms with Crippen LogP contribution < -0.4 is 25.2 Å². The molecule has 3 amide bonds. The van der Waals surface area contributed by atoms with Gasteiger partial charge in [0.1, 0.15) is 4.53 Å². The lowest BCUT2D eigenvalue weighted by atomic mass is 10.1. The van der Waals surface area contributed by atoms with Crippen molar-refractivity contribution >= 4 is 34.5 Å². The molecule has 2 aromatic carbocycles. The van der Waals surface area contributed by atoms with Crippen LogP contribution >= 0.6 is 11.3 Å². The topological polar surface area (TPSA) is 90.2 Å². The van der Waals surface area contributed by atoms with Crippen LogP contribution in [0.2, 0.25) is 0 Å². The van der Waals surface area contributed by atoms with Crippen LogP contribution in [0.15, 0.2) is 64.5 Å². The molecule has 4 heterocycles. The Morgan fingerprint density at radius 3 is 2.42 bits per heavy atom. The highest BCUT2D eigenvalue weighted by Gasteiger charge is 2.48. The zero-order valence-electron chi connectivity index (χ0n) is 20.0. The quantitative estimate of drug-likeness (QED) is 0.572. The van der Waals surface area contributed by atoms with E-state index in [9.17, 15) is 14.4 Å². The molecule has 184 valence electrons. The summed E-state index contributed by atoms with van der Waals surface area (Å²) in [6.07, 6.45) is -0.250. The van der Waals surface area contributed by atoms with E-state index in [-0.39, 0.29) is 17.5 Å². The first-order chi connectivity index (χ1) is 17.5. The Morgan fingerprint density at radius 1 is 0.944 bits per heavy atom. The van der Waals surface area contributed by atoms with Crippen molar-refractivity contribution in [1.29, 1.82) is 0 Å². The summed E-state index contributed by atoms with van der Waals surface area (Å²) in [5.41, 5.74) is 5.89. The second kappa shape index (κ2) is 8.63. The summed E-state index contributed by atoms with van der Waals surface area (Å²) in [6.45, 7) is 5.27. The molecule has 10 heteroatoms. The van der Waals surface area contributed by atoms with Crippen molar-refractivity contribution in [3.63, 3.8) is 0 Å². The molecule has 0 radical (unpaired) electrons. The van der Waals surface area contributed by atoms with E-state index in [4.69, 9.17) is 0 Å². The molecular weight excluding hydrogens is 476 g/mol. The molecule has 6 rings (SSSR count). The van der Waals surface area contributed by atoms with E-state index in [0.717, 1.165) is 16.8 Å². The number of hydrogen-bond acceptors (Lipinski definition) is 6. The van der Waals surface area contributed by atoms with Crippen LogP contribution in [0.1, 0.15) is 31.1 Å². The molecule has 2 atom stereocenters. The lowest BCUT2D eigenvalue weighted by Gasteiger charge is -2.29. The van der Waals surface area contributed by atoms with Crippen LogP contribution in [0, 0.1) is 0 Å². The average molecular weight is 503 g/mol. The van der Waals surface area contributed by atoms with E-state index in [1.165, 1.54) is 11.3 Å². The molecule has 1 saturated heterocycles. The highest BCUT2D eigenvalue weighted by molar-refractivity contribution is 7.07. The Hall–Kier alpha value is -3.92. The van der Waals surface area contributed by atoms with Gasteiger partial charge in [0.05, 0.1) is 11.3 Å². The zero-order valence-corrected chi connectivity index (χ0v) is 20.9. The Bertz CT molecular complexity index is 1550. The van der Waals surface area contributed by atoms with Crippen LogP contribution in [0.25, 0.3) is 5.57 Å². The van der Waals surface area contributed by atoms with Gasteiger partial charge in [-0.1, -0.05) is 59.9 Å². The smallest absolute Gasteiger partial charge is 0.307 e. The summed E-state index contributed by atoms with van der Waals surface area (Å²) < 4.78 is 1.93. The van der Waals surface area contributed by atoms with Crippen LogP contribution in [0.4, 0.5) is 10.5 Å². The maximum absolute atomic E-state index is 13.9. The van der Waals surface area contributed by atoms with E-state index >= 15 is 0 Å². The number of amides is 3. The summed E-state index contributed by atoms with van der Waals surface area (Å²) in [5, 5.41) is 4.44. The minimum absolute atomic E-state index is 0.132. The van der Waals surface area contributed by atoms with Crippen molar-refractivity contribution < 1.29 is 9.59 Å². The SMILES string of the molecule is CCN1C(=O)N(CC)C2C1NN=c1s/c(=C3\C(=O)N(CCc4ccccc4)c4ccccc43)c(=O)n12. The molecule has 0 bridgehead atoms. The molecule has 2 unspecified atom stereocenters. The van der Waals surface area contributed by atoms with Gasteiger partial charge in [0.2, 0.25) is 4.80 Å². The zero-order chi connectivity index (χ0) is 25.0. The van der Waals surface area contributed by atoms with Gasteiger partial charge in [0.25, 0.3) is 11.5 Å². The van der Waals surface area contributed by atoms with Gasteiger partial charge in [-0.3, -0.25) is 29.4 Å². The molecule has 1 N–H and O–H groups in total. The molecule has 9 nitrogen and oxygen atoms in total. The van der Waals surface area contributed by atoms with E-state index in [2.05, 4.69) is 10.5 Å². The third-order valence-corrected chi connectivity index (χ3v) is 8.15. The Kier molecular flexibility index (Phi) is 5.40. The predicted molar refractivity (Wildman–Crippen MR) is 137 cm³/mol. The fraction of sp³-hybridized carbons (Fsp3) is 0.308. The van der Waals surface area contributed by atoms with Crippen molar-refractivity contribution in [3.8, 4) is 0 Å². The highest BCUT2D eigenvalue weighted by atomic mass is 32.1. The molecule has 3 aliphatic heterocycles. The Balaban J connectivity index is 1.48. The number of thiazole rings is 1. The van der Waals surface area contributed by atoms with Crippen LogP contribution in [-0.2, 0) is 11.2 Å². The van der Waals surface area contributed by atoms with Crippen molar-refractivity contribution in [3.05, 3.63) is 85.4 Å². The molecule has 3 aliphatic rings. The number of hydrogen-bond donors (Lipinski definition) is 1. The molecule has 1 aromatic heterocycles. The van der Waals surface area contributed by atoms with Gasteiger partial charge in [-0.05, 0) is 31.9 Å². The normalized spacial score (nSPS) is 21.8. The van der Waals surface area contributed by atoms with E-state index in [1.807, 2.05) is 68.4 Å². The number of anilines is 1. The van der Waals surface area contributed by atoms with E-state index in [0.29, 0.717) is 41.0 Å². The largest absolute Gasteiger partial charge is 0.323 e. The van der Waals surface area contributed by atoms with Gasteiger partial charge >= 0.3 is 6.03 Å². The molecule has 0 aliphatic carbocycles. The first-order valence-electron chi connectivity index (χ1n) is 12.2. The lowest BCUT2D eigenvalue weighted by molar-refractivity contribution is -0.113. The standard InChI is InChI=1S/C26H26N6O3S/c1-3-29-21-22(30(4-2)26(29)35)32-24(34)20(36-25(32)28-27-21)19-17-12-8-9-13-18(17)31(23(19)33)15-14-16-10-6-5-7-11-16/h5-13,21-22,27H,3-4,14-15H2,1-2H3/b20-19-. The van der Waals surface area contributed by atoms with Crippen LogP contribution in [0.3, 0.4) is 0 Å². The molecule has 0 saturated carbocycles. The van der Waals surface area contributed by atoms with Gasteiger partial charge in [-0.25, -0.2) is 4.79 Å². The van der Waals surface area contributed by atoms with Gasteiger partial charge in [0, 0.05) is 25.2 Å². The number of fused-ring (bicyclic) bond motifs is 4. The fourth-order valence-corrected chi connectivity index (χ4v) is 6.43. The van der Waals surface area contributed by atoms with Gasteiger partial charge in [-0.2, -0.15) is 0 Å². The molecule has 1 fully saturated rings. The number of rotatable bonds is 5. The number of carbonyl (C=O) groups excluding carboxylic acids is 2. The summed E-state index contributed by atoms with van der Waals surface area (Å²) in [5.74, 6) is -0.182. The summed E-state index contributed by atoms with van der Waals surface area (Å²) in [7, 11) is 0. The highest BCUT2D eigenvalue weighted by Crippen LogP contribution is 2.35. The molecule has 0 spiro atoms. The van der Waals surface area contributed by atoms with Gasteiger partial charge < -0.3 is 4.90 Å². The summed E-state index contributed by atoms with van der Waals surface area (Å²) in [4.78, 5) is 46.2.